The molecule has 0 saturated heterocycles. The molecule has 0 aliphatic carbocycles. The number of nitrogens with two attached hydrogens (primary N) is 1. The summed E-state index contributed by atoms with van der Waals surface area (Å²) in [7, 11) is 0. The third kappa shape index (κ3) is 2.34. The maximum atomic E-state index is 12.2. The second kappa shape index (κ2) is 4.98. The van der Waals surface area contributed by atoms with E-state index in [9.17, 15) is 9.90 Å². The van der Waals surface area contributed by atoms with Gasteiger partial charge in [0.05, 0.1) is 6.04 Å². The predicted octanol–water partition coefficient (Wildman–Crippen LogP) is 1.61. The number of fused-ring (bicyclic) bond motifs is 1. The van der Waals surface area contributed by atoms with Crippen LogP contribution in [0.2, 0.25) is 0 Å². The van der Waals surface area contributed by atoms with E-state index in [0.29, 0.717) is 13.1 Å². The Hall–Kier alpha value is -1.55. The minimum absolute atomic E-state index is 0.0000368. The summed E-state index contributed by atoms with van der Waals surface area (Å²) in [5.74, 6) is 0.434. The monoisotopic (exact) mass is 248 g/mol. The molecule has 0 fully saturated rings. The first-order valence-electron chi connectivity index (χ1n) is 6.38. The van der Waals surface area contributed by atoms with Gasteiger partial charge in [-0.2, -0.15) is 0 Å². The summed E-state index contributed by atoms with van der Waals surface area (Å²) in [6, 6.07) is 4.81. The molecular weight excluding hydrogens is 228 g/mol. The summed E-state index contributed by atoms with van der Waals surface area (Å²) < 4.78 is 0. The lowest BCUT2D eigenvalue weighted by Crippen LogP contribution is -2.44. The number of hydrogen-bond donors (Lipinski definition) is 2. The van der Waals surface area contributed by atoms with E-state index in [1.807, 2.05) is 19.9 Å². The third-order valence-corrected chi connectivity index (χ3v) is 3.77. The molecule has 3 N–H and O–H groups in total. The second-order valence-electron chi connectivity index (χ2n) is 5.06. The summed E-state index contributed by atoms with van der Waals surface area (Å²) in [5.41, 5.74) is 8.08. The van der Waals surface area contributed by atoms with Crippen LogP contribution in [0.5, 0.6) is 5.75 Å². The maximum Gasteiger partial charge on any atom is 0.240 e. The molecule has 0 bridgehead atoms. The summed E-state index contributed by atoms with van der Waals surface area (Å²) in [6.07, 6.45) is 0.897. The van der Waals surface area contributed by atoms with E-state index < -0.39 is 6.04 Å². The summed E-state index contributed by atoms with van der Waals surface area (Å²) in [4.78, 5) is 14.0. The van der Waals surface area contributed by atoms with Gasteiger partial charge in [0.1, 0.15) is 5.75 Å². The van der Waals surface area contributed by atoms with Crippen molar-refractivity contribution >= 4 is 5.91 Å². The molecule has 4 heteroatoms. The van der Waals surface area contributed by atoms with E-state index >= 15 is 0 Å². The molecule has 18 heavy (non-hydrogen) atoms. The highest BCUT2D eigenvalue weighted by molar-refractivity contribution is 5.82. The number of amides is 1. The number of hydrogen-bond acceptors (Lipinski definition) is 3. The molecule has 1 heterocycles. The van der Waals surface area contributed by atoms with Gasteiger partial charge in [0, 0.05) is 13.1 Å². The summed E-state index contributed by atoms with van der Waals surface area (Å²) >= 11 is 0. The molecule has 1 aliphatic rings. The van der Waals surface area contributed by atoms with E-state index in [2.05, 4.69) is 0 Å². The quantitative estimate of drug-likeness (QED) is 0.854. The van der Waals surface area contributed by atoms with Gasteiger partial charge in [-0.05, 0) is 29.2 Å². The molecule has 0 spiro atoms. The van der Waals surface area contributed by atoms with Crippen molar-refractivity contribution in [3.63, 3.8) is 0 Å². The normalized spacial score (nSPS) is 17.4. The van der Waals surface area contributed by atoms with Crippen molar-refractivity contribution in [1.82, 2.24) is 4.90 Å². The highest BCUT2D eigenvalue weighted by atomic mass is 16.3. The first kappa shape index (κ1) is 12.9. The molecule has 0 radical (unpaired) electrons. The van der Waals surface area contributed by atoms with Crippen molar-refractivity contribution in [3.8, 4) is 5.75 Å². The molecule has 2 atom stereocenters. The van der Waals surface area contributed by atoms with Gasteiger partial charge in [-0.3, -0.25) is 4.79 Å². The zero-order valence-electron chi connectivity index (χ0n) is 10.9. The van der Waals surface area contributed by atoms with Crippen LogP contribution in [0.4, 0.5) is 0 Å². The minimum atomic E-state index is -0.432. The predicted molar refractivity (Wildman–Crippen MR) is 69.8 cm³/mol. The van der Waals surface area contributed by atoms with Crippen molar-refractivity contribution in [2.45, 2.75) is 39.4 Å². The Morgan fingerprint density at radius 2 is 2.11 bits per heavy atom. The van der Waals surface area contributed by atoms with Gasteiger partial charge in [-0.25, -0.2) is 0 Å². The number of carbonyl (C=O) groups excluding carboxylic acids is 1. The molecule has 1 unspecified atom stereocenters. The molecule has 1 aromatic carbocycles. The Bertz CT molecular complexity index is 459. The Morgan fingerprint density at radius 1 is 1.44 bits per heavy atom. The molecule has 4 nitrogen and oxygen atoms in total. The van der Waals surface area contributed by atoms with Crippen LogP contribution in [0.1, 0.15) is 31.4 Å². The summed E-state index contributed by atoms with van der Waals surface area (Å²) in [5, 5.41) is 9.43. The number of phenolic OH excluding ortho intramolecular Hbond substituents is 1. The lowest BCUT2D eigenvalue weighted by molar-refractivity contribution is -0.134. The molecule has 0 aromatic heterocycles. The van der Waals surface area contributed by atoms with E-state index in [-0.39, 0.29) is 17.6 Å². The Labute approximate surface area is 107 Å². The molecule has 0 saturated carbocycles. The number of aromatic hydroxyl groups is 1. The number of carbonyl (C=O) groups is 1. The number of rotatable bonds is 3. The van der Waals surface area contributed by atoms with Crippen molar-refractivity contribution < 1.29 is 9.90 Å². The fraction of sp³-hybridized carbons (Fsp3) is 0.500. The zero-order chi connectivity index (χ0) is 13.3. The van der Waals surface area contributed by atoms with Crippen molar-refractivity contribution in [1.29, 1.82) is 0 Å². The van der Waals surface area contributed by atoms with Crippen LogP contribution in [-0.2, 0) is 17.9 Å². The third-order valence-electron chi connectivity index (χ3n) is 3.77. The number of phenols is 1. The van der Waals surface area contributed by atoms with Gasteiger partial charge in [0.15, 0.2) is 0 Å². The van der Waals surface area contributed by atoms with Crippen molar-refractivity contribution in [3.05, 3.63) is 29.3 Å². The smallest absolute Gasteiger partial charge is 0.240 e. The van der Waals surface area contributed by atoms with E-state index in [4.69, 9.17) is 5.73 Å². The van der Waals surface area contributed by atoms with Crippen LogP contribution in [0.15, 0.2) is 18.2 Å². The van der Waals surface area contributed by atoms with Crippen LogP contribution in [0.3, 0.4) is 0 Å². The zero-order valence-corrected chi connectivity index (χ0v) is 10.9. The summed E-state index contributed by atoms with van der Waals surface area (Å²) in [6.45, 7) is 5.18. The average molecular weight is 248 g/mol. The first-order valence-corrected chi connectivity index (χ1v) is 6.38. The topological polar surface area (TPSA) is 66.6 Å². The first-order chi connectivity index (χ1) is 8.52. The molecular formula is C14H20N2O2. The lowest BCUT2D eigenvalue weighted by atomic mass is 9.99. The van der Waals surface area contributed by atoms with E-state index in [0.717, 1.165) is 17.5 Å². The average Bonchev–Trinajstić information content (AvgIpc) is 2.78. The van der Waals surface area contributed by atoms with Gasteiger partial charge in [-0.15, -0.1) is 0 Å². The lowest BCUT2D eigenvalue weighted by Gasteiger charge is -2.23. The Kier molecular flexibility index (Phi) is 3.57. The van der Waals surface area contributed by atoms with Crippen molar-refractivity contribution in [2.24, 2.45) is 11.7 Å². The number of nitrogens with zero attached hydrogens (tertiary/aromatic N) is 1. The van der Waals surface area contributed by atoms with Gasteiger partial charge < -0.3 is 15.7 Å². The van der Waals surface area contributed by atoms with Crippen LogP contribution in [0.25, 0.3) is 0 Å². The van der Waals surface area contributed by atoms with Crippen LogP contribution in [0, 0.1) is 5.92 Å². The fourth-order valence-corrected chi connectivity index (χ4v) is 2.24. The standard InChI is InChI=1S/C14H20N2O2/c1-3-9(2)13(15)14(18)16-7-10-4-5-12(17)6-11(10)8-16/h4-6,9,13,17H,3,7-8,15H2,1-2H3/t9-,13?/m1/s1. The Morgan fingerprint density at radius 3 is 2.78 bits per heavy atom. The molecule has 1 amide bonds. The maximum absolute atomic E-state index is 12.2. The van der Waals surface area contributed by atoms with Crippen LogP contribution >= 0.6 is 0 Å². The molecule has 98 valence electrons. The minimum Gasteiger partial charge on any atom is -0.508 e. The van der Waals surface area contributed by atoms with E-state index in [1.54, 1.807) is 17.0 Å². The SMILES string of the molecule is CC[C@@H](C)C(N)C(=O)N1Cc2ccc(O)cc2C1. The van der Waals surface area contributed by atoms with Gasteiger partial charge in [0.2, 0.25) is 5.91 Å². The fourth-order valence-electron chi connectivity index (χ4n) is 2.24. The van der Waals surface area contributed by atoms with Crippen LogP contribution < -0.4 is 5.73 Å². The van der Waals surface area contributed by atoms with Crippen LogP contribution in [-0.4, -0.2) is 22.0 Å². The molecule has 2 rings (SSSR count). The van der Waals surface area contributed by atoms with Crippen molar-refractivity contribution in [2.75, 3.05) is 0 Å². The second-order valence-corrected chi connectivity index (χ2v) is 5.06. The Balaban J connectivity index is 2.09. The number of benzene rings is 1. The largest absolute Gasteiger partial charge is 0.508 e. The molecule has 1 aliphatic heterocycles. The highest BCUT2D eigenvalue weighted by Gasteiger charge is 2.29. The van der Waals surface area contributed by atoms with Gasteiger partial charge in [-0.1, -0.05) is 26.3 Å². The van der Waals surface area contributed by atoms with E-state index in [1.165, 1.54) is 0 Å². The van der Waals surface area contributed by atoms with Gasteiger partial charge in [0.25, 0.3) is 0 Å². The molecule has 1 aromatic rings. The highest BCUT2D eigenvalue weighted by Crippen LogP contribution is 2.27. The van der Waals surface area contributed by atoms with Gasteiger partial charge >= 0.3 is 0 Å².